The lowest BCUT2D eigenvalue weighted by atomic mass is 9.99. The molecule has 0 bridgehead atoms. The summed E-state index contributed by atoms with van der Waals surface area (Å²) in [5, 5.41) is 8.40. The van der Waals surface area contributed by atoms with Gasteiger partial charge in [0.15, 0.2) is 0 Å². The van der Waals surface area contributed by atoms with Crippen molar-refractivity contribution in [3.8, 4) is 11.4 Å². The van der Waals surface area contributed by atoms with Crippen molar-refractivity contribution >= 4 is 28.8 Å². The maximum absolute atomic E-state index is 12.2. The molecule has 1 aliphatic heterocycles. The van der Waals surface area contributed by atoms with Gasteiger partial charge in [0.25, 0.3) is 5.91 Å². The average Bonchev–Trinajstić information content (AvgIpc) is 3.17. The summed E-state index contributed by atoms with van der Waals surface area (Å²) in [6, 6.07) is 9.16. The van der Waals surface area contributed by atoms with E-state index in [2.05, 4.69) is 10.1 Å². The maximum atomic E-state index is 12.2. The van der Waals surface area contributed by atoms with E-state index < -0.39 is 0 Å². The molecule has 0 saturated carbocycles. The Kier molecular flexibility index (Phi) is 3.63. The molecular formula is C16H12ClN3O2S. The number of rotatable bonds is 3. The number of likely N-dealkylation sites (tertiary alicyclic amines) is 1. The van der Waals surface area contributed by atoms with Gasteiger partial charge in [0.2, 0.25) is 11.7 Å². The summed E-state index contributed by atoms with van der Waals surface area (Å²) in [4.78, 5) is 18.4. The van der Waals surface area contributed by atoms with Gasteiger partial charge < -0.3 is 9.42 Å². The van der Waals surface area contributed by atoms with Crippen molar-refractivity contribution in [3.63, 3.8) is 0 Å². The molecule has 0 unspecified atom stereocenters. The standard InChI is InChI=1S/C16H12ClN3O2S/c17-13-3-1-2-10(6-13)14-18-15(22-19-14)12-7-20(8-12)16(21)11-4-5-23-9-11/h1-6,9,12H,7-8H2. The van der Waals surface area contributed by atoms with Crippen LogP contribution in [0, 0.1) is 0 Å². The van der Waals surface area contributed by atoms with Crippen molar-refractivity contribution in [1.82, 2.24) is 15.0 Å². The van der Waals surface area contributed by atoms with Gasteiger partial charge in [-0.15, -0.1) is 0 Å². The van der Waals surface area contributed by atoms with Gasteiger partial charge in [-0.05, 0) is 23.6 Å². The zero-order chi connectivity index (χ0) is 15.8. The van der Waals surface area contributed by atoms with Crippen LogP contribution >= 0.6 is 22.9 Å². The van der Waals surface area contributed by atoms with E-state index in [-0.39, 0.29) is 11.8 Å². The first kappa shape index (κ1) is 14.4. The Morgan fingerprint density at radius 1 is 1.35 bits per heavy atom. The Morgan fingerprint density at radius 3 is 2.96 bits per heavy atom. The van der Waals surface area contributed by atoms with Gasteiger partial charge in [0.05, 0.1) is 11.5 Å². The topological polar surface area (TPSA) is 59.2 Å². The van der Waals surface area contributed by atoms with Gasteiger partial charge in [-0.2, -0.15) is 16.3 Å². The zero-order valence-corrected chi connectivity index (χ0v) is 13.5. The number of thiophene rings is 1. The first-order valence-corrected chi connectivity index (χ1v) is 8.44. The molecule has 0 aliphatic carbocycles. The minimum Gasteiger partial charge on any atom is -0.339 e. The molecule has 2 aromatic heterocycles. The Hall–Kier alpha value is -2.18. The number of carbonyl (C=O) groups is 1. The number of hydrogen-bond acceptors (Lipinski definition) is 5. The normalized spacial score (nSPS) is 14.7. The Labute approximate surface area is 141 Å². The lowest BCUT2D eigenvalue weighted by Gasteiger charge is -2.36. The number of carbonyl (C=O) groups excluding carboxylic acids is 1. The molecule has 0 N–H and O–H groups in total. The lowest BCUT2D eigenvalue weighted by molar-refractivity contribution is 0.0570. The summed E-state index contributed by atoms with van der Waals surface area (Å²) >= 11 is 7.50. The van der Waals surface area contributed by atoms with E-state index in [4.69, 9.17) is 16.1 Å². The molecular weight excluding hydrogens is 334 g/mol. The second-order valence-corrected chi connectivity index (χ2v) is 6.60. The van der Waals surface area contributed by atoms with Crippen molar-refractivity contribution < 1.29 is 9.32 Å². The fourth-order valence-electron chi connectivity index (χ4n) is 2.52. The first-order chi connectivity index (χ1) is 11.2. The second kappa shape index (κ2) is 5.79. The fraction of sp³-hybridized carbons (Fsp3) is 0.188. The number of aromatic nitrogens is 2. The zero-order valence-electron chi connectivity index (χ0n) is 12.0. The average molecular weight is 346 g/mol. The molecule has 4 rings (SSSR count). The molecule has 3 heterocycles. The molecule has 5 nitrogen and oxygen atoms in total. The molecule has 1 amide bonds. The minimum absolute atomic E-state index is 0.0529. The molecule has 1 aromatic carbocycles. The molecule has 0 radical (unpaired) electrons. The molecule has 1 aliphatic rings. The smallest absolute Gasteiger partial charge is 0.254 e. The van der Waals surface area contributed by atoms with Crippen molar-refractivity contribution in [2.24, 2.45) is 0 Å². The van der Waals surface area contributed by atoms with Crippen molar-refractivity contribution in [3.05, 3.63) is 57.6 Å². The molecule has 0 spiro atoms. The monoisotopic (exact) mass is 345 g/mol. The van der Waals surface area contributed by atoms with E-state index in [1.165, 1.54) is 11.3 Å². The molecule has 3 aromatic rings. The Morgan fingerprint density at radius 2 is 2.22 bits per heavy atom. The number of amides is 1. The van der Waals surface area contributed by atoms with Crippen LogP contribution < -0.4 is 0 Å². The van der Waals surface area contributed by atoms with Crippen LogP contribution in [-0.2, 0) is 0 Å². The lowest BCUT2D eigenvalue weighted by Crippen LogP contribution is -2.48. The molecule has 1 fully saturated rings. The van der Waals surface area contributed by atoms with E-state index in [1.54, 1.807) is 17.0 Å². The Bertz CT molecular complexity index is 841. The predicted molar refractivity (Wildman–Crippen MR) is 87.7 cm³/mol. The summed E-state index contributed by atoms with van der Waals surface area (Å²) < 4.78 is 5.34. The van der Waals surface area contributed by atoms with Crippen LogP contribution in [0.2, 0.25) is 5.02 Å². The third kappa shape index (κ3) is 2.75. The summed E-state index contributed by atoms with van der Waals surface area (Å²) in [6.07, 6.45) is 0. The number of hydrogen-bond donors (Lipinski definition) is 0. The van der Waals surface area contributed by atoms with Crippen LogP contribution in [0.25, 0.3) is 11.4 Å². The SMILES string of the molecule is O=C(c1ccsc1)N1CC(c2nc(-c3cccc(Cl)c3)no2)C1. The van der Waals surface area contributed by atoms with E-state index in [0.29, 0.717) is 29.8 Å². The highest BCUT2D eigenvalue weighted by atomic mass is 35.5. The summed E-state index contributed by atoms with van der Waals surface area (Å²) in [5.74, 6) is 1.23. The number of benzene rings is 1. The second-order valence-electron chi connectivity index (χ2n) is 5.39. The van der Waals surface area contributed by atoms with E-state index in [0.717, 1.165) is 11.1 Å². The highest BCUT2D eigenvalue weighted by Crippen LogP contribution is 2.29. The highest BCUT2D eigenvalue weighted by Gasteiger charge is 2.36. The van der Waals surface area contributed by atoms with Crippen molar-refractivity contribution in [2.75, 3.05) is 13.1 Å². The maximum Gasteiger partial charge on any atom is 0.254 e. The summed E-state index contributed by atoms with van der Waals surface area (Å²) in [5.41, 5.74) is 1.55. The number of halogens is 1. The van der Waals surface area contributed by atoms with Gasteiger partial charge >= 0.3 is 0 Å². The molecule has 7 heteroatoms. The summed E-state index contributed by atoms with van der Waals surface area (Å²) in [7, 11) is 0. The quantitative estimate of drug-likeness (QED) is 0.726. The van der Waals surface area contributed by atoms with Gasteiger partial charge in [-0.3, -0.25) is 4.79 Å². The molecule has 1 saturated heterocycles. The van der Waals surface area contributed by atoms with Crippen LogP contribution in [0.3, 0.4) is 0 Å². The van der Waals surface area contributed by atoms with Gasteiger partial charge in [0, 0.05) is 29.1 Å². The van der Waals surface area contributed by atoms with Crippen molar-refractivity contribution in [2.45, 2.75) is 5.92 Å². The van der Waals surface area contributed by atoms with Gasteiger partial charge in [-0.1, -0.05) is 28.9 Å². The summed E-state index contributed by atoms with van der Waals surface area (Å²) in [6.45, 7) is 1.21. The first-order valence-electron chi connectivity index (χ1n) is 7.12. The molecule has 116 valence electrons. The van der Waals surface area contributed by atoms with E-state index in [1.807, 2.05) is 29.0 Å². The third-order valence-corrected chi connectivity index (χ3v) is 4.73. The van der Waals surface area contributed by atoms with E-state index in [9.17, 15) is 4.79 Å². The Balaban J connectivity index is 1.44. The third-order valence-electron chi connectivity index (χ3n) is 3.81. The van der Waals surface area contributed by atoms with Gasteiger partial charge in [0.1, 0.15) is 0 Å². The number of nitrogens with zero attached hydrogens (tertiary/aromatic N) is 3. The van der Waals surface area contributed by atoms with Crippen molar-refractivity contribution in [1.29, 1.82) is 0 Å². The molecule has 23 heavy (non-hydrogen) atoms. The predicted octanol–water partition coefficient (Wildman–Crippen LogP) is 3.69. The van der Waals surface area contributed by atoms with Crippen LogP contribution in [0.5, 0.6) is 0 Å². The fourth-order valence-corrected chi connectivity index (χ4v) is 3.34. The minimum atomic E-state index is 0.0529. The highest BCUT2D eigenvalue weighted by molar-refractivity contribution is 7.08. The van der Waals surface area contributed by atoms with Crippen LogP contribution in [0.1, 0.15) is 22.2 Å². The van der Waals surface area contributed by atoms with Crippen LogP contribution in [-0.4, -0.2) is 34.0 Å². The largest absolute Gasteiger partial charge is 0.339 e. The van der Waals surface area contributed by atoms with E-state index >= 15 is 0 Å². The van der Waals surface area contributed by atoms with Crippen LogP contribution in [0.4, 0.5) is 0 Å². The van der Waals surface area contributed by atoms with Crippen LogP contribution in [0.15, 0.2) is 45.6 Å². The van der Waals surface area contributed by atoms with Gasteiger partial charge in [-0.25, -0.2) is 0 Å². The molecule has 0 atom stereocenters.